The van der Waals surface area contributed by atoms with Gasteiger partial charge in [-0.2, -0.15) is 4.98 Å². The van der Waals surface area contributed by atoms with E-state index in [1.807, 2.05) is 35.2 Å². The minimum absolute atomic E-state index is 0.313. The van der Waals surface area contributed by atoms with Gasteiger partial charge in [-0.25, -0.2) is 4.79 Å². The van der Waals surface area contributed by atoms with Gasteiger partial charge in [-0.05, 0) is 35.4 Å². The molecular weight excluding hydrogens is 268 g/mol. The van der Waals surface area contributed by atoms with E-state index in [2.05, 4.69) is 4.98 Å². The number of hydrogen-bond donors (Lipinski definition) is 1. The molecule has 2 aromatic carbocycles. The highest BCUT2D eigenvalue weighted by atomic mass is 16.4. The van der Waals surface area contributed by atoms with Crippen LogP contribution in [0.5, 0.6) is 0 Å². The smallest absolute Gasteiger partial charge is 0.335 e. The number of anilines is 1. The fourth-order valence-electron chi connectivity index (χ4n) is 2.66. The number of carbonyl (C=O) groups is 1. The molecule has 0 aliphatic carbocycles. The predicted octanol–water partition coefficient (Wildman–Crippen LogP) is 3.05. The number of rotatable bonds is 2. The van der Waals surface area contributed by atoms with E-state index in [9.17, 15) is 4.79 Å². The highest BCUT2D eigenvalue weighted by Gasteiger charge is 2.24. The number of para-hydroxylation sites is 2. The fourth-order valence-corrected chi connectivity index (χ4v) is 2.66. The molecule has 3 aromatic rings. The summed E-state index contributed by atoms with van der Waals surface area (Å²) < 4.78 is 5.76. The van der Waals surface area contributed by atoms with Crippen molar-refractivity contribution >= 4 is 23.1 Å². The van der Waals surface area contributed by atoms with Gasteiger partial charge in [0.2, 0.25) is 0 Å². The summed E-state index contributed by atoms with van der Waals surface area (Å²) in [5, 5.41) is 9.05. The number of fused-ring (bicyclic) bond motifs is 2. The minimum atomic E-state index is -0.905. The van der Waals surface area contributed by atoms with Crippen molar-refractivity contribution in [1.29, 1.82) is 0 Å². The monoisotopic (exact) mass is 280 g/mol. The highest BCUT2D eigenvalue weighted by molar-refractivity contribution is 5.88. The lowest BCUT2D eigenvalue weighted by Crippen LogP contribution is -2.14. The van der Waals surface area contributed by atoms with Crippen LogP contribution < -0.4 is 4.90 Å². The zero-order chi connectivity index (χ0) is 14.4. The number of nitrogens with zero attached hydrogens (tertiary/aromatic N) is 2. The molecule has 1 aromatic heterocycles. The summed E-state index contributed by atoms with van der Waals surface area (Å²) in [5.41, 5.74) is 4.02. The molecule has 0 atom stereocenters. The number of hydrogen-bond acceptors (Lipinski definition) is 4. The van der Waals surface area contributed by atoms with Gasteiger partial charge in [0.05, 0.1) is 5.56 Å². The standard InChI is InChI=1S/C16H12N2O3/c19-15(20)10-5-6-11-8-18(9-12(11)7-10)16-17-13-3-1-2-4-14(13)21-16/h1-7H,8-9H2,(H,19,20). The first kappa shape index (κ1) is 12.0. The summed E-state index contributed by atoms with van der Waals surface area (Å²) in [4.78, 5) is 17.5. The Morgan fingerprint density at radius 2 is 1.95 bits per heavy atom. The van der Waals surface area contributed by atoms with Gasteiger partial charge in [-0.15, -0.1) is 0 Å². The second-order valence-corrected chi connectivity index (χ2v) is 5.11. The summed E-state index contributed by atoms with van der Waals surface area (Å²) in [6.45, 7) is 1.30. The Kier molecular flexibility index (Phi) is 2.47. The summed E-state index contributed by atoms with van der Waals surface area (Å²) in [5.74, 6) is -0.905. The average Bonchev–Trinajstić information content (AvgIpc) is 3.09. The molecule has 0 amide bonds. The van der Waals surface area contributed by atoms with Crippen molar-refractivity contribution in [1.82, 2.24) is 4.98 Å². The molecule has 0 unspecified atom stereocenters. The first-order valence-corrected chi connectivity index (χ1v) is 6.66. The maximum absolute atomic E-state index is 11.0. The first-order chi connectivity index (χ1) is 10.2. The van der Waals surface area contributed by atoms with Crippen LogP contribution in [0.4, 0.5) is 6.01 Å². The van der Waals surface area contributed by atoms with Crippen LogP contribution in [-0.2, 0) is 13.1 Å². The van der Waals surface area contributed by atoms with E-state index in [1.54, 1.807) is 12.1 Å². The van der Waals surface area contributed by atoms with Crippen LogP contribution in [0.15, 0.2) is 46.9 Å². The van der Waals surface area contributed by atoms with Gasteiger partial charge in [0.1, 0.15) is 5.52 Å². The first-order valence-electron chi connectivity index (χ1n) is 6.66. The van der Waals surface area contributed by atoms with Crippen LogP contribution in [0.3, 0.4) is 0 Å². The minimum Gasteiger partial charge on any atom is -0.478 e. The molecule has 1 aliphatic heterocycles. The molecule has 0 spiro atoms. The quantitative estimate of drug-likeness (QED) is 0.781. The zero-order valence-corrected chi connectivity index (χ0v) is 11.1. The second kappa shape index (κ2) is 4.34. The van der Waals surface area contributed by atoms with Crippen LogP contribution in [0.2, 0.25) is 0 Å². The van der Waals surface area contributed by atoms with Gasteiger partial charge in [0, 0.05) is 13.1 Å². The molecule has 1 aliphatic rings. The van der Waals surface area contributed by atoms with Gasteiger partial charge >= 0.3 is 5.97 Å². The van der Waals surface area contributed by atoms with Crippen LogP contribution in [-0.4, -0.2) is 16.1 Å². The molecule has 1 N–H and O–H groups in total. The maximum Gasteiger partial charge on any atom is 0.335 e. The van der Waals surface area contributed by atoms with Crippen molar-refractivity contribution in [2.75, 3.05) is 4.90 Å². The average molecular weight is 280 g/mol. The third kappa shape index (κ3) is 1.94. The number of carboxylic acids is 1. The van der Waals surface area contributed by atoms with Crippen molar-refractivity contribution in [3.63, 3.8) is 0 Å². The van der Waals surface area contributed by atoms with Gasteiger partial charge in [-0.3, -0.25) is 0 Å². The molecule has 5 nitrogen and oxygen atoms in total. The Balaban J connectivity index is 1.68. The number of oxazole rings is 1. The Bertz CT molecular complexity index is 821. The molecular formula is C16H12N2O3. The van der Waals surface area contributed by atoms with E-state index in [4.69, 9.17) is 9.52 Å². The van der Waals surface area contributed by atoms with Gasteiger partial charge in [-0.1, -0.05) is 18.2 Å². The third-order valence-electron chi connectivity index (χ3n) is 3.73. The molecule has 2 heterocycles. The maximum atomic E-state index is 11.0. The van der Waals surface area contributed by atoms with Crippen molar-refractivity contribution < 1.29 is 14.3 Å². The molecule has 0 fully saturated rings. The summed E-state index contributed by atoms with van der Waals surface area (Å²) in [6.07, 6.45) is 0. The van der Waals surface area contributed by atoms with Crippen LogP contribution in [0.25, 0.3) is 11.1 Å². The van der Waals surface area contributed by atoms with E-state index in [0.29, 0.717) is 24.7 Å². The SMILES string of the molecule is O=C(O)c1ccc2c(c1)CN(c1nc3ccccc3o1)C2. The molecule has 0 radical (unpaired) electrons. The molecule has 4 rings (SSSR count). The Hall–Kier alpha value is -2.82. The van der Waals surface area contributed by atoms with Crippen molar-refractivity contribution in [3.8, 4) is 0 Å². The molecule has 21 heavy (non-hydrogen) atoms. The third-order valence-corrected chi connectivity index (χ3v) is 3.73. The summed E-state index contributed by atoms with van der Waals surface area (Å²) >= 11 is 0. The molecule has 0 saturated heterocycles. The zero-order valence-electron chi connectivity index (χ0n) is 11.1. The molecule has 104 valence electrons. The second-order valence-electron chi connectivity index (χ2n) is 5.11. The lowest BCUT2D eigenvalue weighted by Gasteiger charge is -2.10. The van der Waals surface area contributed by atoms with Crippen LogP contribution in [0.1, 0.15) is 21.5 Å². The van der Waals surface area contributed by atoms with E-state index in [0.717, 1.165) is 22.2 Å². The number of benzene rings is 2. The highest BCUT2D eigenvalue weighted by Crippen LogP contribution is 2.30. The van der Waals surface area contributed by atoms with Gasteiger partial charge in [0.15, 0.2) is 5.58 Å². The largest absolute Gasteiger partial charge is 0.478 e. The Morgan fingerprint density at radius 1 is 1.14 bits per heavy atom. The van der Waals surface area contributed by atoms with Crippen molar-refractivity contribution in [3.05, 3.63) is 59.2 Å². The van der Waals surface area contributed by atoms with Gasteiger partial charge in [0.25, 0.3) is 6.01 Å². The lowest BCUT2D eigenvalue weighted by atomic mass is 10.1. The normalized spacial score (nSPS) is 13.6. The van der Waals surface area contributed by atoms with Crippen molar-refractivity contribution in [2.45, 2.75) is 13.1 Å². The topological polar surface area (TPSA) is 66.6 Å². The van der Waals surface area contributed by atoms with Gasteiger partial charge < -0.3 is 14.4 Å². The number of aromatic nitrogens is 1. The molecule has 5 heteroatoms. The number of aromatic carboxylic acids is 1. The van der Waals surface area contributed by atoms with Crippen LogP contribution in [0, 0.1) is 0 Å². The van der Waals surface area contributed by atoms with E-state index >= 15 is 0 Å². The number of carboxylic acid groups (broad SMARTS) is 1. The van der Waals surface area contributed by atoms with E-state index in [-0.39, 0.29) is 0 Å². The molecule has 0 bridgehead atoms. The molecule has 0 saturated carbocycles. The van der Waals surface area contributed by atoms with E-state index < -0.39 is 5.97 Å². The summed E-state index contributed by atoms with van der Waals surface area (Å²) in [7, 11) is 0. The Labute approximate surface area is 120 Å². The van der Waals surface area contributed by atoms with Crippen molar-refractivity contribution in [2.24, 2.45) is 0 Å². The van der Waals surface area contributed by atoms with E-state index in [1.165, 1.54) is 0 Å². The lowest BCUT2D eigenvalue weighted by molar-refractivity contribution is 0.0697. The van der Waals surface area contributed by atoms with Crippen LogP contribution >= 0.6 is 0 Å². The Morgan fingerprint density at radius 3 is 2.76 bits per heavy atom. The fraction of sp³-hybridized carbons (Fsp3) is 0.125. The summed E-state index contributed by atoms with van der Waals surface area (Å²) in [6, 6.07) is 13.4. The predicted molar refractivity (Wildman–Crippen MR) is 77.3 cm³/mol.